The van der Waals surface area contributed by atoms with Crippen LogP contribution < -0.4 is 11.3 Å². The lowest BCUT2D eigenvalue weighted by Gasteiger charge is -2.14. The second-order valence-electron chi connectivity index (χ2n) is 5.57. The van der Waals surface area contributed by atoms with Gasteiger partial charge in [0.25, 0.3) is 5.56 Å². The molecule has 1 atom stereocenters. The van der Waals surface area contributed by atoms with E-state index in [-0.39, 0.29) is 11.6 Å². The van der Waals surface area contributed by atoms with E-state index in [0.29, 0.717) is 16.7 Å². The predicted octanol–water partition coefficient (Wildman–Crippen LogP) is 2.32. The van der Waals surface area contributed by atoms with E-state index < -0.39 is 0 Å². The van der Waals surface area contributed by atoms with Crippen molar-refractivity contribution in [1.82, 2.24) is 14.5 Å². The van der Waals surface area contributed by atoms with E-state index in [2.05, 4.69) is 4.98 Å². The molecular weight excluding hydrogens is 276 g/mol. The monoisotopic (exact) mass is 294 g/mol. The third-order valence-corrected chi connectivity index (χ3v) is 3.78. The molecule has 0 fully saturated rings. The maximum atomic E-state index is 12.7. The molecule has 0 saturated carbocycles. The summed E-state index contributed by atoms with van der Waals surface area (Å²) in [5, 5.41) is 0.604. The van der Waals surface area contributed by atoms with Crippen molar-refractivity contribution >= 4 is 10.9 Å². The molecule has 112 valence electrons. The van der Waals surface area contributed by atoms with Gasteiger partial charge in [-0.3, -0.25) is 14.3 Å². The van der Waals surface area contributed by atoms with E-state index in [1.165, 1.54) is 0 Å². The molecular formula is C17H18N4O. The summed E-state index contributed by atoms with van der Waals surface area (Å²) >= 11 is 0. The van der Waals surface area contributed by atoms with Crippen molar-refractivity contribution in [2.24, 2.45) is 12.8 Å². The summed E-state index contributed by atoms with van der Waals surface area (Å²) < 4.78 is 1.57. The van der Waals surface area contributed by atoms with E-state index in [0.717, 1.165) is 16.7 Å². The van der Waals surface area contributed by atoms with Crippen molar-refractivity contribution < 1.29 is 0 Å². The van der Waals surface area contributed by atoms with E-state index in [9.17, 15) is 4.79 Å². The molecule has 0 saturated heterocycles. The lowest BCUT2D eigenvalue weighted by molar-refractivity contribution is 0.814. The lowest BCUT2D eigenvalue weighted by Crippen LogP contribution is -2.21. The van der Waals surface area contributed by atoms with Crippen LogP contribution in [0.3, 0.4) is 0 Å². The summed E-state index contributed by atoms with van der Waals surface area (Å²) in [7, 11) is 1.73. The summed E-state index contributed by atoms with van der Waals surface area (Å²) in [5.74, 6) is 0.616. The fourth-order valence-corrected chi connectivity index (χ4v) is 2.66. The highest BCUT2D eigenvalue weighted by Crippen LogP contribution is 2.24. The van der Waals surface area contributed by atoms with E-state index in [1.54, 1.807) is 24.0 Å². The van der Waals surface area contributed by atoms with Crippen molar-refractivity contribution in [3.63, 3.8) is 0 Å². The molecule has 0 amide bonds. The molecule has 22 heavy (non-hydrogen) atoms. The van der Waals surface area contributed by atoms with Gasteiger partial charge in [0.2, 0.25) is 0 Å². The second-order valence-corrected chi connectivity index (χ2v) is 5.57. The Labute approximate surface area is 128 Å². The zero-order valence-electron chi connectivity index (χ0n) is 12.9. The molecule has 3 rings (SSSR count). The Morgan fingerprint density at radius 2 is 1.91 bits per heavy atom. The van der Waals surface area contributed by atoms with E-state index in [1.807, 2.05) is 38.1 Å². The summed E-state index contributed by atoms with van der Waals surface area (Å²) in [5.41, 5.74) is 9.43. The molecule has 3 aromatic rings. The van der Waals surface area contributed by atoms with Gasteiger partial charge < -0.3 is 5.73 Å². The number of nitrogens with zero attached hydrogens (tertiary/aromatic N) is 3. The number of benzene rings is 1. The van der Waals surface area contributed by atoms with Crippen LogP contribution in [0.4, 0.5) is 0 Å². The lowest BCUT2D eigenvalue weighted by atomic mass is 10.0. The standard InChI is InChI=1S/C17H18N4O/c1-10-8-13(11(2)18)15-14(9-10)17(22)21(3)16(20-15)12-4-6-19-7-5-12/h4-9,11H,18H2,1-3H3/t11-/m1/s1. The van der Waals surface area contributed by atoms with Gasteiger partial charge in [0.15, 0.2) is 0 Å². The average molecular weight is 294 g/mol. The molecule has 0 spiro atoms. The highest BCUT2D eigenvalue weighted by Gasteiger charge is 2.15. The molecule has 2 N–H and O–H groups in total. The highest BCUT2D eigenvalue weighted by atomic mass is 16.1. The molecule has 0 aliphatic heterocycles. The topological polar surface area (TPSA) is 73.8 Å². The number of nitrogens with two attached hydrogens (primary N) is 1. The Kier molecular flexibility index (Phi) is 3.50. The Balaban J connectivity index is 2.43. The third-order valence-electron chi connectivity index (χ3n) is 3.78. The first kappa shape index (κ1) is 14.4. The van der Waals surface area contributed by atoms with Crippen molar-refractivity contribution in [3.8, 4) is 11.4 Å². The van der Waals surface area contributed by atoms with E-state index in [4.69, 9.17) is 10.7 Å². The molecule has 0 bridgehead atoms. The van der Waals surface area contributed by atoms with Crippen molar-refractivity contribution in [2.75, 3.05) is 0 Å². The van der Waals surface area contributed by atoms with Crippen molar-refractivity contribution in [3.05, 3.63) is 58.1 Å². The van der Waals surface area contributed by atoms with Crippen LogP contribution in [0.5, 0.6) is 0 Å². The minimum atomic E-state index is -0.188. The molecule has 0 unspecified atom stereocenters. The first-order valence-corrected chi connectivity index (χ1v) is 7.16. The number of hydrogen-bond donors (Lipinski definition) is 1. The Hall–Kier alpha value is -2.53. The first-order valence-electron chi connectivity index (χ1n) is 7.16. The molecule has 0 aliphatic rings. The van der Waals surface area contributed by atoms with Gasteiger partial charge in [0, 0.05) is 31.0 Å². The second kappa shape index (κ2) is 5.35. The van der Waals surface area contributed by atoms with Gasteiger partial charge in [-0.05, 0) is 43.2 Å². The van der Waals surface area contributed by atoms with Gasteiger partial charge in [0.1, 0.15) is 5.82 Å². The smallest absolute Gasteiger partial charge is 0.261 e. The van der Waals surface area contributed by atoms with Gasteiger partial charge in [-0.2, -0.15) is 0 Å². The zero-order chi connectivity index (χ0) is 15.9. The van der Waals surface area contributed by atoms with Gasteiger partial charge >= 0.3 is 0 Å². The van der Waals surface area contributed by atoms with Crippen molar-refractivity contribution in [1.29, 1.82) is 0 Å². The largest absolute Gasteiger partial charge is 0.324 e. The molecule has 2 aromatic heterocycles. The Morgan fingerprint density at radius 1 is 1.23 bits per heavy atom. The van der Waals surface area contributed by atoms with Crippen LogP contribution in [0.25, 0.3) is 22.3 Å². The molecule has 1 aromatic carbocycles. The summed E-state index contributed by atoms with van der Waals surface area (Å²) in [4.78, 5) is 21.4. The highest BCUT2D eigenvalue weighted by molar-refractivity contribution is 5.84. The van der Waals surface area contributed by atoms with Crippen LogP contribution in [0.1, 0.15) is 24.1 Å². The average Bonchev–Trinajstić information content (AvgIpc) is 2.51. The number of fused-ring (bicyclic) bond motifs is 1. The van der Waals surface area contributed by atoms with Gasteiger partial charge in [-0.15, -0.1) is 0 Å². The van der Waals surface area contributed by atoms with Crippen LogP contribution >= 0.6 is 0 Å². The van der Waals surface area contributed by atoms with E-state index >= 15 is 0 Å². The van der Waals surface area contributed by atoms with Crippen LogP contribution in [0.2, 0.25) is 0 Å². The first-order chi connectivity index (χ1) is 10.5. The molecule has 0 radical (unpaired) electrons. The fraction of sp³-hybridized carbons (Fsp3) is 0.235. The van der Waals surface area contributed by atoms with Crippen molar-refractivity contribution in [2.45, 2.75) is 19.9 Å². The third kappa shape index (κ3) is 2.29. The number of pyridine rings is 1. The minimum absolute atomic E-state index is 0.0672. The quantitative estimate of drug-likeness (QED) is 0.787. The maximum Gasteiger partial charge on any atom is 0.261 e. The Bertz CT molecular complexity index is 898. The number of rotatable bonds is 2. The SMILES string of the molecule is Cc1cc([C@@H](C)N)c2nc(-c3ccncc3)n(C)c(=O)c2c1. The van der Waals surface area contributed by atoms with Crippen LogP contribution in [0.15, 0.2) is 41.5 Å². The molecule has 0 aliphatic carbocycles. The van der Waals surface area contributed by atoms with Gasteiger partial charge in [0.05, 0.1) is 10.9 Å². The van der Waals surface area contributed by atoms with Crippen LogP contribution in [-0.2, 0) is 7.05 Å². The minimum Gasteiger partial charge on any atom is -0.324 e. The zero-order valence-corrected chi connectivity index (χ0v) is 12.9. The molecule has 2 heterocycles. The van der Waals surface area contributed by atoms with Crippen LogP contribution in [-0.4, -0.2) is 14.5 Å². The summed E-state index contributed by atoms with van der Waals surface area (Å²) in [6, 6.07) is 7.36. The summed E-state index contributed by atoms with van der Waals surface area (Å²) in [6.07, 6.45) is 3.38. The predicted molar refractivity (Wildman–Crippen MR) is 87.6 cm³/mol. The Morgan fingerprint density at radius 3 is 2.55 bits per heavy atom. The maximum absolute atomic E-state index is 12.7. The number of aromatic nitrogens is 3. The normalized spacial score (nSPS) is 12.5. The number of hydrogen-bond acceptors (Lipinski definition) is 4. The molecule has 5 nitrogen and oxygen atoms in total. The van der Waals surface area contributed by atoms with Gasteiger partial charge in [-0.25, -0.2) is 4.98 Å². The van der Waals surface area contributed by atoms with Gasteiger partial charge in [-0.1, -0.05) is 6.07 Å². The van der Waals surface area contributed by atoms with Crippen LogP contribution in [0, 0.1) is 6.92 Å². The molecule has 5 heteroatoms. The number of aryl methyl sites for hydroxylation is 1. The summed E-state index contributed by atoms with van der Waals surface area (Å²) in [6.45, 7) is 3.86. The fourth-order valence-electron chi connectivity index (χ4n) is 2.66.